The van der Waals surface area contributed by atoms with E-state index in [1.807, 2.05) is 13.8 Å². The summed E-state index contributed by atoms with van der Waals surface area (Å²) >= 11 is 0. The number of carboxylic acid groups (broad SMARTS) is 1. The van der Waals surface area contributed by atoms with Gasteiger partial charge in [-0.3, -0.25) is 14.4 Å². The Morgan fingerprint density at radius 3 is 2.26 bits per heavy atom. The SMILES string of the molecule is CCCC(=O)OC(CCC)C(CC(=O)CN)C(=O)O. The average Bonchev–Trinajstić information content (AvgIpc) is 2.35. The summed E-state index contributed by atoms with van der Waals surface area (Å²) in [6.45, 7) is 3.50. The molecule has 0 aromatic heterocycles. The molecule has 0 saturated carbocycles. The lowest BCUT2D eigenvalue weighted by atomic mass is 9.93. The van der Waals surface area contributed by atoms with E-state index >= 15 is 0 Å². The zero-order valence-electron chi connectivity index (χ0n) is 11.6. The van der Waals surface area contributed by atoms with Crippen LogP contribution >= 0.6 is 0 Å². The van der Waals surface area contributed by atoms with E-state index < -0.39 is 24.0 Å². The van der Waals surface area contributed by atoms with Gasteiger partial charge in [0, 0.05) is 12.8 Å². The highest BCUT2D eigenvalue weighted by molar-refractivity contribution is 5.85. The number of carbonyl (C=O) groups is 3. The summed E-state index contributed by atoms with van der Waals surface area (Å²) in [6, 6.07) is 0. The molecule has 0 aliphatic carbocycles. The maximum absolute atomic E-state index is 11.5. The highest BCUT2D eigenvalue weighted by Gasteiger charge is 2.32. The van der Waals surface area contributed by atoms with Gasteiger partial charge in [-0.2, -0.15) is 0 Å². The number of ether oxygens (including phenoxy) is 1. The number of nitrogens with two attached hydrogens (primary N) is 1. The summed E-state index contributed by atoms with van der Waals surface area (Å²) in [6.07, 6.45) is 1.01. The van der Waals surface area contributed by atoms with Crippen LogP contribution in [-0.2, 0) is 19.1 Å². The molecule has 0 aliphatic heterocycles. The normalized spacial score (nSPS) is 13.6. The van der Waals surface area contributed by atoms with E-state index in [-0.39, 0.29) is 25.2 Å². The first-order valence-electron chi connectivity index (χ1n) is 6.60. The summed E-state index contributed by atoms with van der Waals surface area (Å²) in [5, 5.41) is 9.17. The fourth-order valence-electron chi connectivity index (χ4n) is 1.77. The van der Waals surface area contributed by atoms with Crippen LogP contribution in [0.15, 0.2) is 0 Å². The summed E-state index contributed by atoms with van der Waals surface area (Å²) in [5.41, 5.74) is 5.19. The molecule has 0 rings (SSSR count). The monoisotopic (exact) mass is 273 g/mol. The Balaban J connectivity index is 4.79. The first kappa shape index (κ1) is 17.6. The van der Waals surface area contributed by atoms with Gasteiger partial charge < -0.3 is 15.6 Å². The molecule has 19 heavy (non-hydrogen) atoms. The van der Waals surface area contributed by atoms with Crippen LogP contribution in [0.4, 0.5) is 0 Å². The second-order valence-corrected chi connectivity index (χ2v) is 4.46. The highest BCUT2D eigenvalue weighted by atomic mass is 16.5. The van der Waals surface area contributed by atoms with Gasteiger partial charge >= 0.3 is 11.9 Å². The molecule has 6 heteroatoms. The highest BCUT2D eigenvalue weighted by Crippen LogP contribution is 2.19. The van der Waals surface area contributed by atoms with Gasteiger partial charge in [0.1, 0.15) is 17.8 Å². The third-order valence-corrected chi connectivity index (χ3v) is 2.75. The minimum absolute atomic E-state index is 0.199. The van der Waals surface area contributed by atoms with Gasteiger partial charge in [0.05, 0.1) is 6.54 Å². The molecule has 3 N–H and O–H groups in total. The number of ketones is 1. The molecule has 0 radical (unpaired) electrons. The molecule has 0 aromatic rings. The van der Waals surface area contributed by atoms with Crippen molar-refractivity contribution in [1.29, 1.82) is 0 Å². The molecule has 2 unspecified atom stereocenters. The van der Waals surface area contributed by atoms with Gasteiger partial charge in [0.2, 0.25) is 0 Å². The Morgan fingerprint density at radius 2 is 1.84 bits per heavy atom. The van der Waals surface area contributed by atoms with Crippen molar-refractivity contribution in [3.63, 3.8) is 0 Å². The first-order valence-corrected chi connectivity index (χ1v) is 6.60. The first-order chi connectivity index (χ1) is 8.96. The van der Waals surface area contributed by atoms with Crippen molar-refractivity contribution < 1.29 is 24.2 Å². The zero-order valence-corrected chi connectivity index (χ0v) is 11.6. The minimum Gasteiger partial charge on any atom is -0.481 e. The van der Waals surface area contributed by atoms with E-state index in [1.54, 1.807) is 0 Å². The lowest BCUT2D eigenvalue weighted by Gasteiger charge is -2.23. The van der Waals surface area contributed by atoms with E-state index in [0.29, 0.717) is 19.3 Å². The topological polar surface area (TPSA) is 107 Å². The van der Waals surface area contributed by atoms with Crippen LogP contribution in [0.3, 0.4) is 0 Å². The van der Waals surface area contributed by atoms with Crippen molar-refractivity contribution in [3.8, 4) is 0 Å². The molecule has 0 spiro atoms. The average molecular weight is 273 g/mol. The lowest BCUT2D eigenvalue weighted by molar-refractivity contribution is -0.160. The van der Waals surface area contributed by atoms with Crippen LogP contribution in [0, 0.1) is 5.92 Å². The number of Topliss-reactive ketones (excluding diaryl/α,β-unsaturated/α-hetero) is 1. The second-order valence-electron chi connectivity index (χ2n) is 4.46. The van der Waals surface area contributed by atoms with E-state index in [0.717, 1.165) is 0 Å². The van der Waals surface area contributed by atoms with Crippen LogP contribution in [0.5, 0.6) is 0 Å². The molecular formula is C13H23NO5. The third-order valence-electron chi connectivity index (χ3n) is 2.75. The van der Waals surface area contributed by atoms with Crippen LogP contribution in [-0.4, -0.2) is 35.5 Å². The lowest BCUT2D eigenvalue weighted by Crippen LogP contribution is -2.35. The van der Waals surface area contributed by atoms with Crippen LogP contribution in [0.2, 0.25) is 0 Å². The number of carboxylic acids is 1. The van der Waals surface area contributed by atoms with Gasteiger partial charge in [0.25, 0.3) is 0 Å². The second kappa shape index (κ2) is 9.49. The predicted octanol–water partition coefficient (Wildman–Crippen LogP) is 1.12. The van der Waals surface area contributed by atoms with Crippen molar-refractivity contribution >= 4 is 17.7 Å². The number of carbonyl (C=O) groups excluding carboxylic acids is 2. The molecule has 0 saturated heterocycles. The molecule has 0 aliphatic rings. The van der Waals surface area contributed by atoms with E-state index in [9.17, 15) is 19.5 Å². The van der Waals surface area contributed by atoms with Crippen LogP contribution < -0.4 is 5.73 Å². The predicted molar refractivity (Wildman–Crippen MR) is 69.5 cm³/mol. The molecule has 0 fully saturated rings. The Bertz CT molecular complexity index is 316. The Kier molecular flexibility index (Phi) is 8.78. The smallest absolute Gasteiger partial charge is 0.310 e. The summed E-state index contributed by atoms with van der Waals surface area (Å²) in [4.78, 5) is 34.0. The molecule has 0 heterocycles. The quantitative estimate of drug-likeness (QED) is 0.577. The maximum Gasteiger partial charge on any atom is 0.310 e. The molecule has 0 aromatic carbocycles. The number of esters is 1. The fourth-order valence-corrected chi connectivity index (χ4v) is 1.77. The van der Waals surface area contributed by atoms with E-state index in [2.05, 4.69) is 0 Å². The van der Waals surface area contributed by atoms with Crippen molar-refractivity contribution in [2.75, 3.05) is 6.54 Å². The van der Waals surface area contributed by atoms with Crippen molar-refractivity contribution in [3.05, 3.63) is 0 Å². The Morgan fingerprint density at radius 1 is 1.21 bits per heavy atom. The van der Waals surface area contributed by atoms with Crippen LogP contribution in [0.1, 0.15) is 46.0 Å². The van der Waals surface area contributed by atoms with E-state index in [1.165, 1.54) is 0 Å². The van der Waals surface area contributed by atoms with Gasteiger partial charge in [-0.05, 0) is 12.8 Å². The zero-order chi connectivity index (χ0) is 14.8. The molecule has 0 bridgehead atoms. The number of hydrogen-bond acceptors (Lipinski definition) is 5. The fraction of sp³-hybridized carbons (Fsp3) is 0.769. The van der Waals surface area contributed by atoms with Gasteiger partial charge in [-0.15, -0.1) is 0 Å². The number of hydrogen-bond donors (Lipinski definition) is 2. The molecule has 110 valence electrons. The van der Waals surface area contributed by atoms with Gasteiger partial charge in [-0.1, -0.05) is 20.3 Å². The van der Waals surface area contributed by atoms with Crippen molar-refractivity contribution in [2.45, 2.75) is 52.1 Å². The van der Waals surface area contributed by atoms with Gasteiger partial charge in [0.15, 0.2) is 0 Å². The molecule has 0 amide bonds. The number of aliphatic carboxylic acids is 1. The Labute approximate surface area is 113 Å². The van der Waals surface area contributed by atoms with Crippen LogP contribution in [0.25, 0.3) is 0 Å². The van der Waals surface area contributed by atoms with Crippen molar-refractivity contribution in [2.24, 2.45) is 11.7 Å². The Hall–Kier alpha value is -1.43. The maximum atomic E-state index is 11.5. The number of rotatable bonds is 10. The molecule has 2 atom stereocenters. The van der Waals surface area contributed by atoms with Crippen molar-refractivity contribution in [1.82, 2.24) is 0 Å². The standard InChI is InChI=1S/C13H23NO5/c1-3-5-11(19-12(16)6-4-2)10(13(17)18)7-9(15)8-14/h10-11H,3-8,14H2,1-2H3,(H,17,18). The molecule has 6 nitrogen and oxygen atoms in total. The van der Waals surface area contributed by atoms with E-state index in [4.69, 9.17) is 10.5 Å². The largest absolute Gasteiger partial charge is 0.481 e. The third kappa shape index (κ3) is 6.91. The molecular weight excluding hydrogens is 250 g/mol. The summed E-state index contributed by atoms with van der Waals surface area (Å²) in [5.74, 6) is -2.92. The summed E-state index contributed by atoms with van der Waals surface area (Å²) in [7, 11) is 0. The summed E-state index contributed by atoms with van der Waals surface area (Å²) < 4.78 is 5.19. The van der Waals surface area contributed by atoms with Gasteiger partial charge in [-0.25, -0.2) is 0 Å². The minimum atomic E-state index is -1.13.